The van der Waals surface area contributed by atoms with Crippen molar-refractivity contribution in [3.63, 3.8) is 0 Å². The van der Waals surface area contributed by atoms with Crippen LogP contribution in [0.15, 0.2) is 48.5 Å². The second-order valence-electron chi connectivity index (χ2n) is 6.21. The number of aliphatic carboxylic acids is 1. The molecule has 3 aromatic carbocycles. The molecule has 0 bridgehead atoms. The van der Waals surface area contributed by atoms with Gasteiger partial charge in [-0.15, -0.1) is 0 Å². The van der Waals surface area contributed by atoms with Crippen LogP contribution in [0.5, 0.6) is 0 Å². The zero-order valence-electron chi connectivity index (χ0n) is 14.3. The lowest BCUT2D eigenvalue weighted by Crippen LogP contribution is -2.07. The number of hydrogen-bond donors (Lipinski definition) is 1. The van der Waals surface area contributed by atoms with E-state index in [0.29, 0.717) is 27.6 Å². The Balaban J connectivity index is 2.40. The second-order valence-corrected chi connectivity index (χ2v) is 6.21. The Labute approximate surface area is 153 Å². The summed E-state index contributed by atoms with van der Waals surface area (Å²) in [7, 11) is 0. The minimum atomic E-state index is -4.57. The molecule has 0 aliphatic carbocycles. The Hall–Kier alpha value is -3.33. The summed E-state index contributed by atoms with van der Waals surface area (Å²) in [5, 5.41) is 20.3. The number of carboxylic acid groups (broad SMARTS) is 1. The Morgan fingerprint density at radius 1 is 1.15 bits per heavy atom. The average molecular weight is 369 g/mol. The van der Waals surface area contributed by atoms with Crippen LogP contribution in [0.3, 0.4) is 0 Å². The molecule has 0 radical (unpaired) electrons. The van der Waals surface area contributed by atoms with Crippen LogP contribution >= 0.6 is 0 Å². The number of benzene rings is 3. The lowest BCUT2D eigenvalue weighted by molar-refractivity contribution is -0.138. The van der Waals surface area contributed by atoms with Crippen molar-refractivity contribution in [1.82, 2.24) is 0 Å². The van der Waals surface area contributed by atoms with Crippen molar-refractivity contribution in [2.24, 2.45) is 0 Å². The largest absolute Gasteiger partial charge is 0.481 e. The smallest absolute Gasteiger partial charge is 0.416 e. The number of carboxylic acids is 1. The molecule has 3 aromatic rings. The van der Waals surface area contributed by atoms with Crippen LogP contribution < -0.4 is 0 Å². The van der Waals surface area contributed by atoms with Gasteiger partial charge in [0.2, 0.25) is 0 Å². The van der Waals surface area contributed by atoms with E-state index >= 15 is 0 Å². The van der Waals surface area contributed by atoms with Crippen molar-refractivity contribution in [3.8, 4) is 17.2 Å². The first-order valence-electron chi connectivity index (χ1n) is 8.07. The van der Waals surface area contributed by atoms with Gasteiger partial charge in [0, 0.05) is 5.56 Å². The quantitative estimate of drug-likeness (QED) is 0.678. The third-order valence-electron chi connectivity index (χ3n) is 4.44. The molecule has 3 rings (SSSR count). The highest BCUT2D eigenvalue weighted by molar-refractivity contribution is 6.01. The molecule has 0 saturated heterocycles. The number of hydrogen-bond acceptors (Lipinski definition) is 2. The minimum Gasteiger partial charge on any atom is -0.481 e. The number of alkyl halides is 3. The van der Waals surface area contributed by atoms with Crippen LogP contribution in [-0.2, 0) is 17.4 Å². The molecule has 1 N–H and O–H groups in total. The van der Waals surface area contributed by atoms with E-state index < -0.39 is 17.7 Å². The van der Waals surface area contributed by atoms with E-state index in [0.717, 1.165) is 17.5 Å². The highest BCUT2D eigenvalue weighted by atomic mass is 19.4. The number of halogens is 3. The van der Waals surface area contributed by atoms with Gasteiger partial charge < -0.3 is 5.11 Å². The van der Waals surface area contributed by atoms with E-state index in [-0.39, 0.29) is 12.0 Å². The third-order valence-corrected chi connectivity index (χ3v) is 4.44. The predicted molar refractivity (Wildman–Crippen MR) is 95.2 cm³/mol. The van der Waals surface area contributed by atoms with E-state index in [1.54, 1.807) is 19.1 Å². The summed E-state index contributed by atoms with van der Waals surface area (Å²) in [6, 6.07) is 13.8. The fourth-order valence-electron chi connectivity index (χ4n) is 3.25. The van der Waals surface area contributed by atoms with Gasteiger partial charge in [-0.2, -0.15) is 18.4 Å². The van der Waals surface area contributed by atoms with E-state index in [1.165, 1.54) is 6.07 Å². The fraction of sp³-hybridized carbons (Fsp3) is 0.143. The van der Waals surface area contributed by atoms with Crippen molar-refractivity contribution in [1.29, 1.82) is 5.26 Å². The molecule has 0 amide bonds. The molecule has 0 fully saturated rings. The second kappa shape index (κ2) is 6.76. The molecule has 0 atom stereocenters. The number of nitrogens with zero attached hydrogens (tertiary/aromatic N) is 1. The highest BCUT2D eigenvalue weighted by Gasteiger charge is 2.31. The van der Waals surface area contributed by atoms with Gasteiger partial charge in [0.25, 0.3) is 0 Å². The number of fused-ring (bicyclic) bond motifs is 1. The number of carbonyl (C=O) groups is 1. The maximum absolute atomic E-state index is 13.0. The first kappa shape index (κ1) is 18.5. The monoisotopic (exact) mass is 369 g/mol. The van der Waals surface area contributed by atoms with E-state index in [9.17, 15) is 28.3 Å². The minimum absolute atomic E-state index is 0.146. The Morgan fingerprint density at radius 3 is 2.48 bits per heavy atom. The van der Waals surface area contributed by atoms with Gasteiger partial charge in [0.1, 0.15) is 0 Å². The Morgan fingerprint density at radius 2 is 1.85 bits per heavy atom. The maximum atomic E-state index is 13.0. The molecule has 0 saturated carbocycles. The zero-order chi connectivity index (χ0) is 19.8. The van der Waals surface area contributed by atoms with E-state index in [1.807, 2.05) is 24.3 Å². The number of aryl methyl sites for hydroxylation is 1. The van der Waals surface area contributed by atoms with Crippen LogP contribution in [0, 0.1) is 18.3 Å². The molecule has 0 spiro atoms. The fourth-order valence-corrected chi connectivity index (χ4v) is 3.25. The Bertz CT molecular complexity index is 1100. The van der Waals surface area contributed by atoms with Crippen LogP contribution in [0.2, 0.25) is 0 Å². The molecular formula is C21H14F3NO2. The molecule has 27 heavy (non-hydrogen) atoms. The molecule has 3 nitrogen and oxygen atoms in total. The predicted octanol–water partition coefficient (Wildman–Crippen LogP) is 5.33. The summed E-state index contributed by atoms with van der Waals surface area (Å²) in [6.07, 6.45) is -4.86. The molecule has 6 heteroatoms. The average Bonchev–Trinajstić information content (AvgIpc) is 2.61. The molecule has 0 heterocycles. The zero-order valence-corrected chi connectivity index (χ0v) is 14.3. The number of rotatable bonds is 3. The van der Waals surface area contributed by atoms with Crippen LogP contribution in [-0.4, -0.2) is 11.1 Å². The van der Waals surface area contributed by atoms with Gasteiger partial charge in [-0.1, -0.05) is 36.4 Å². The highest BCUT2D eigenvalue weighted by Crippen LogP contribution is 2.39. The topological polar surface area (TPSA) is 61.1 Å². The van der Waals surface area contributed by atoms with E-state index in [4.69, 9.17) is 0 Å². The molecule has 0 aliphatic heterocycles. The molecule has 0 unspecified atom stereocenters. The van der Waals surface area contributed by atoms with Gasteiger partial charge in [-0.05, 0) is 46.5 Å². The summed E-state index contributed by atoms with van der Waals surface area (Å²) < 4.78 is 39.1. The van der Waals surface area contributed by atoms with Crippen LogP contribution in [0.1, 0.15) is 22.3 Å². The first-order chi connectivity index (χ1) is 12.7. The third kappa shape index (κ3) is 3.49. The summed E-state index contributed by atoms with van der Waals surface area (Å²) in [4.78, 5) is 11.4. The summed E-state index contributed by atoms with van der Waals surface area (Å²) in [5.74, 6) is -1.06. The lowest BCUT2D eigenvalue weighted by Gasteiger charge is -2.17. The van der Waals surface area contributed by atoms with Crippen LogP contribution in [0.25, 0.3) is 21.9 Å². The normalized spacial score (nSPS) is 11.4. The van der Waals surface area contributed by atoms with Gasteiger partial charge >= 0.3 is 12.1 Å². The van der Waals surface area contributed by atoms with Crippen molar-refractivity contribution < 1.29 is 23.1 Å². The summed E-state index contributed by atoms with van der Waals surface area (Å²) in [5.41, 5.74) is 0.902. The SMILES string of the molecule is Cc1cc2ccccc2c(-c2ccc(C(F)(F)F)cc2C#N)c1CC(=O)O. The van der Waals surface area contributed by atoms with Crippen molar-refractivity contribution in [2.75, 3.05) is 0 Å². The van der Waals surface area contributed by atoms with Crippen LogP contribution in [0.4, 0.5) is 13.2 Å². The van der Waals surface area contributed by atoms with Gasteiger partial charge in [0.05, 0.1) is 23.6 Å². The van der Waals surface area contributed by atoms with Crippen molar-refractivity contribution >= 4 is 16.7 Å². The summed E-state index contributed by atoms with van der Waals surface area (Å²) in [6.45, 7) is 1.75. The molecule has 0 aliphatic rings. The van der Waals surface area contributed by atoms with Gasteiger partial charge in [0.15, 0.2) is 0 Å². The standard InChI is InChI=1S/C21H14F3NO2/c1-12-8-13-4-2-3-5-16(13)20(18(12)10-19(26)27)17-7-6-15(21(22,23)24)9-14(17)11-25/h2-9H,10H2,1H3,(H,26,27). The Kier molecular flexibility index (Phi) is 4.63. The lowest BCUT2D eigenvalue weighted by atomic mass is 9.86. The molecule has 0 aromatic heterocycles. The van der Waals surface area contributed by atoms with Gasteiger partial charge in [-0.25, -0.2) is 0 Å². The maximum Gasteiger partial charge on any atom is 0.416 e. The van der Waals surface area contributed by atoms with Crippen molar-refractivity contribution in [2.45, 2.75) is 19.5 Å². The van der Waals surface area contributed by atoms with Crippen molar-refractivity contribution in [3.05, 3.63) is 70.8 Å². The first-order valence-corrected chi connectivity index (χ1v) is 8.07. The molecular weight excluding hydrogens is 355 g/mol. The van der Waals surface area contributed by atoms with Gasteiger partial charge in [-0.3, -0.25) is 4.79 Å². The number of nitriles is 1. The molecule has 136 valence electrons. The van der Waals surface area contributed by atoms with E-state index in [2.05, 4.69) is 0 Å². The summed E-state index contributed by atoms with van der Waals surface area (Å²) >= 11 is 0.